The Bertz CT molecular complexity index is 1000. The predicted octanol–water partition coefficient (Wildman–Crippen LogP) is 5.74. The molecule has 26 heavy (non-hydrogen) atoms. The molecule has 2 aromatic heterocycles. The molecular weight excluding hydrogens is 324 g/mol. The van der Waals surface area contributed by atoms with Crippen LogP contribution in [0.5, 0.6) is 0 Å². The van der Waals surface area contributed by atoms with Crippen LogP contribution in [-0.2, 0) is 12.8 Å². The van der Waals surface area contributed by atoms with Crippen LogP contribution in [0.25, 0.3) is 21.9 Å². The normalized spacial score (nSPS) is 11.2. The summed E-state index contributed by atoms with van der Waals surface area (Å²) in [7, 11) is 0. The van der Waals surface area contributed by atoms with E-state index in [1.165, 1.54) is 12.4 Å². The van der Waals surface area contributed by atoms with E-state index in [1.807, 2.05) is 36.4 Å². The fourth-order valence-electron chi connectivity index (χ4n) is 3.26. The van der Waals surface area contributed by atoms with E-state index in [2.05, 4.69) is 12.1 Å². The molecule has 0 aliphatic heterocycles. The van der Waals surface area contributed by atoms with E-state index in [9.17, 15) is 0 Å². The summed E-state index contributed by atoms with van der Waals surface area (Å²) in [6.45, 7) is 0. The Hall–Kier alpha value is -3.14. The number of aryl methyl sites for hydroxylation is 2. The lowest BCUT2D eigenvalue weighted by atomic mass is 10.1. The largest absolute Gasteiger partial charge is 0.461 e. The van der Waals surface area contributed by atoms with E-state index in [1.54, 1.807) is 0 Å². The molecule has 0 aliphatic rings. The van der Waals surface area contributed by atoms with Gasteiger partial charge < -0.3 is 19.7 Å². The Balaban J connectivity index is 1.36. The molecule has 0 aliphatic carbocycles. The molecule has 0 saturated heterocycles. The second kappa shape index (κ2) is 7.00. The molecule has 0 radical (unpaired) electrons. The minimum atomic E-state index is 0.880. The van der Waals surface area contributed by atoms with Crippen molar-refractivity contribution in [2.75, 3.05) is 0 Å². The summed E-state index contributed by atoms with van der Waals surface area (Å²) in [5, 5.41) is 16.8. The average Bonchev–Trinajstić information content (AvgIpc) is 3.26. The molecule has 0 atom stereocenters. The lowest BCUT2D eigenvalue weighted by Gasteiger charge is -1.97. The standard InChI is InChI=1S/C22H20N2O2/c23-13-15-5-7-21-17(9-15)11-19(25-21)3-1-2-4-20-12-18-10-16(14-24)6-8-22(18)26-20/h5-14,23-24H,1-4H2. The van der Waals surface area contributed by atoms with Crippen molar-refractivity contribution in [1.29, 1.82) is 10.8 Å². The number of fused-ring (bicyclic) bond motifs is 2. The Morgan fingerprint density at radius 2 is 1.12 bits per heavy atom. The van der Waals surface area contributed by atoms with E-state index in [4.69, 9.17) is 19.7 Å². The van der Waals surface area contributed by atoms with Gasteiger partial charge in [0.1, 0.15) is 22.7 Å². The SMILES string of the molecule is N=Cc1ccc2oc(CCCCc3cc4cc(C=N)ccc4o3)cc2c1. The lowest BCUT2D eigenvalue weighted by Crippen LogP contribution is -1.86. The minimum Gasteiger partial charge on any atom is -0.461 e. The van der Waals surface area contributed by atoms with Crippen molar-refractivity contribution in [3.63, 3.8) is 0 Å². The van der Waals surface area contributed by atoms with Gasteiger partial charge >= 0.3 is 0 Å². The van der Waals surface area contributed by atoms with Crippen LogP contribution in [0.2, 0.25) is 0 Å². The molecule has 4 heteroatoms. The summed E-state index contributed by atoms with van der Waals surface area (Å²) >= 11 is 0. The van der Waals surface area contributed by atoms with Crippen LogP contribution < -0.4 is 0 Å². The van der Waals surface area contributed by atoms with E-state index >= 15 is 0 Å². The first-order chi connectivity index (χ1) is 12.7. The number of furan rings is 2. The van der Waals surface area contributed by atoms with Crippen molar-refractivity contribution in [2.24, 2.45) is 0 Å². The van der Waals surface area contributed by atoms with Crippen LogP contribution in [0.3, 0.4) is 0 Å². The molecular formula is C22H20N2O2. The van der Waals surface area contributed by atoms with Crippen LogP contribution in [-0.4, -0.2) is 12.4 Å². The van der Waals surface area contributed by atoms with E-state index in [0.717, 1.165) is 70.3 Å². The number of nitrogens with one attached hydrogen (secondary N) is 2. The monoisotopic (exact) mass is 344 g/mol. The van der Waals surface area contributed by atoms with Gasteiger partial charge in [0.2, 0.25) is 0 Å². The van der Waals surface area contributed by atoms with Crippen LogP contribution in [0.15, 0.2) is 57.4 Å². The van der Waals surface area contributed by atoms with Crippen molar-refractivity contribution in [2.45, 2.75) is 25.7 Å². The molecule has 0 saturated carbocycles. The second-order valence-electron chi connectivity index (χ2n) is 6.52. The molecule has 130 valence electrons. The van der Waals surface area contributed by atoms with Crippen LogP contribution in [0.1, 0.15) is 35.5 Å². The third kappa shape index (κ3) is 3.31. The Morgan fingerprint density at radius 1 is 0.654 bits per heavy atom. The number of hydrogen-bond acceptors (Lipinski definition) is 4. The molecule has 0 spiro atoms. The summed E-state index contributed by atoms with van der Waals surface area (Å²) in [5.41, 5.74) is 3.54. The molecule has 2 N–H and O–H groups in total. The van der Waals surface area contributed by atoms with Crippen molar-refractivity contribution >= 4 is 34.4 Å². The topological polar surface area (TPSA) is 74.0 Å². The maximum Gasteiger partial charge on any atom is 0.134 e. The molecule has 2 aromatic carbocycles. The first-order valence-corrected chi connectivity index (χ1v) is 8.81. The Labute approximate surface area is 151 Å². The van der Waals surface area contributed by atoms with E-state index in [0.29, 0.717) is 0 Å². The highest BCUT2D eigenvalue weighted by atomic mass is 16.3. The number of unbranched alkanes of at least 4 members (excludes halogenated alkanes) is 1. The highest BCUT2D eigenvalue weighted by molar-refractivity contribution is 5.88. The van der Waals surface area contributed by atoms with Gasteiger partial charge in [-0.1, -0.05) is 0 Å². The van der Waals surface area contributed by atoms with Gasteiger partial charge in [0.25, 0.3) is 0 Å². The Kier molecular flexibility index (Phi) is 4.40. The van der Waals surface area contributed by atoms with Gasteiger partial charge in [-0.25, -0.2) is 0 Å². The first-order valence-electron chi connectivity index (χ1n) is 8.81. The molecule has 4 aromatic rings. The van der Waals surface area contributed by atoms with Crippen LogP contribution >= 0.6 is 0 Å². The van der Waals surface area contributed by atoms with Crippen LogP contribution in [0, 0.1) is 10.8 Å². The smallest absolute Gasteiger partial charge is 0.134 e. The first kappa shape index (κ1) is 16.3. The van der Waals surface area contributed by atoms with Gasteiger partial charge in [0, 0.05) is 36.0 Å². The van der Waals surface area contributed by atoms with Crippen molar-refractivity contribution in [3.05, 3.63) is 71.2 Å². The highest BCUT2D eigenvalue weighted by Crippen LogP contribution is 2.24. The van der Waals surface area contributed by atoms with Gasteiger partial charge in [-0.05, 0) is 72.5 Å². The van der Waals surface area contributed by atoms with Gasteiger partial charge in [0.15, 0.2) is 0 Å². The summed E-state index contributed by atoms with van der Waals surface area (Å²) in [6, 6.07) is 15.7. The zero-order valence-electron chi connectivity index (χ0n) is 14.4. The Morgan fingerprint density at radius 3 is 1.54 bits per heavy atom. The third-order valence-electron chi connectivity index (χ3n) is 4.61. The zero-order chi connectivity index (χ0) is 17.9. The summed E-state index contributed by atoms with van der Waals surface area (Å²) in [6.07, 6.45) is 6.55. The quantitative estimate of drug-likeness (QED) is 0.331. The fourth-order valence-corrected chi connectivity index (χ4v) is 3.26. The van der Waals surface area contributed by atoms with E-state index in [-0.39, 0.29) is 0 Å². The highest BCUT2D eigenvalue weighted by Gasteiger charge is 2.07. The maximum atomic E-state index is 7.33. The van der Waals surface area contributed by atoms with Gasteiger partial charge in [0.05, 0.1) is 0 Å². The molecule has 4 nitrogen and oxygen atoms in total. The fraction of sp³-hybridized carbons (Fsp3) is 0.182. The maximum absolute atomic E-state index is 7.33. The van der Waals surface area contributed by atoms with Gasteiger partial charge in [-0.2, -0.15) is 0 Å². The molecule has 0 bridgehead atoms. The summed E-state index contributed by atoms with van der Waals surface area (Å²) in [5.74, 6) is 1.98. The van der Waals surface area contributed by atoms with Crippen molar-refractivity contribution in [1.82, 2.24) is 0 Å². The van der Waals surface area contributed by atoms with Gasteiger partial charge in [-0.3, -0.25) is 0 Å². The molecule has 0 unspecified atom stereocenters. The number of rotatable bonds is 7. The van der Waals surface area contributed by atoms with Crippen LogP contribution in [0.4, 0.5) is 0 Å². The lowest BCUT2D eigenvalue weighted by molar-refractivity contribution is 0.509. The molecule has 2 heterocycles. The zero-order valence-corrected chi connectivity index (χ0v) is 14.4. The van der Waals surface area contributed by atoms with Crippen molar-refractivity contribution in [3.8, 4) is 0 Å². The summed E-state index contributed by atoms with van der Waals surface area (Å²) < 4.78 is 11.7. The average molecular weight is 344 g/mol. The second-order valence-corrected chi connectivity index (χ2v) is 6.52. The molecule has 0 fully saturated rings. The third-order valence-corrected chi connectivity index (χ3v) is 4.61. The number of hydrogen-bond donors (Lipinski definition) is 2. The van der Waals surface area contributed by atoms with E-state index < -0.39 is 0 Å². The van der Waals surface area contributed by atoms with Gasteiger partial charge in [-0.15, -0.1) is 0 Å². The number of benzene rings is 2. The predicted molar refractivity (Wildman–Crippen MR) is 105 cm³/mol. The summed E-state index contributed by atoms with van der Waals surface area (Å²) in [4.78, 5) is 0. The minimum absolute atomic E-state index is 0.880. The van der Waals surface area contributed by atoms with Crippen molar-refractivity contribution < 1.29 is 8.83 Å². The molecule has 0 amide bonds. The molecule has 4 rings (SSSR count).